The highest BCUT2D eigenvalue weighted by atomic mass is 35.5. The maximum Gasteiger partial charge on any atom is 0.416 e. The molecule has 220 valence electrons. The summed E-state index contributed by atoms with van der Waals surface area (Å²) in [6, 6.07) is 5.74. The highest BCUT2D eigenvalue weighted by Gasteiger charge is 2.39. The summed E-state index contributed by atoms with van der Waals surface area (Å²) < 4.78 is 79.5. The van der Waals surface area contributed by atoms with Gasteiger partial charge in [-0.25, -0.2) is 19.1 Å². The zero-order valence-electron chi connectivity index (χ0n) is 21.0. The van der Waals surface area contributed by atoms with E-state index in [-0.39, 0.29) is 41.1 Å². The quantitative estimate of drug-likeness (QED) is 0.379. The van der Waals surface area contributed by atoms with Gasteiger partial charge in [-0.3, -0.25) is 14.4 Å². The van der Waals surface area contributed by atoms with Crippen molar-refractivity contribution in [2.24, 2.45) is 10.9 Å². The highest BCUT2D eigenvalue weighted by molar-refractivity contribution is 6.53. The van der Waals surface area contributed by atoms with Crippen molar-refractivity contribution < 1.29 is 36.2 Å². The van der Waals surface area contributed by atoms with Crippen LogP contribution in [0, 0.1) is 5.92 Å². The first-order chi connectivity index (χ1) is 19.1. The molecular formula is C23H21ClF6N8O3. The molecule has 3 aromatic rings. The molecule has 0 spiro atoms. The fourth-order valence-electron chi connectivity index (χ4n) is 3.77. The summed E-state index contributed by atoms with van der Waals surface area (Å²) in [5.74, 6) is -1.53. The topological polar surface area (TPSA) is 132 Å². The van der Waals surface area contributed by atoms with Crippen molar-refractivity contribution in [2.45, 2.75) is 38.5 Å². The molecular weight excluding hydrogens is 586 g/mol. The van der Waals surface area contributed by atoms with Crippen molar-refractivity contribution >= 4 is 28.9 Å². The molecule has 18 heteroatoms. The van der Waals surface area contributed by atoms with Crippen molar-refractivity contribution in [1.82, 2.24) is 34.4 Å². The molecule has 4 rings (SSSR count). The Morgan fingerprint density at radius 1 is 1.17 bits per heavy atom. The number of aromatic nitrogens is 6. The van der Waals surface area contributed by atoms with Crippen LogP contribution in [0.3, 0.4) is 0 Å². The van der Waals surface area contributed by atoms with Crippen LogP contribution < -0.4 is 11.0 Å². The van der Waals surface area contributed by atoms with Crippen LogP contribution in [-0.4, -0.2) is 77.4 Å². The van der Waals surface area contributed by atoms with E-state index in [0.29, 0.717) is 9.59 Å². The number of carbonyl (C=O) groups is 1. The summed E-state index contributed by atoms with van der Waals surface area (Å²) >= 11 is 5.88. The van der Waals surface area contributed by atoms with Gasteiger partial charge in [0.15, 0.2) is 17.8 Å². The fraction of sp³-hybridized carbons (Fsp3) is 0.391. The third-order valence-electron chi connectivity index (χ3n) is 5.72. The molecule has 11 nitrogen and oxygen atoms in total. The Hall–Kier alpha value is -3.99. The van der Waals surface area contributed by atoms with Gasteiger partial charge in [0.25, 0.3) is 5.91 Å². The van der Waals surface area contributed by atoms with Crippen LogP contribution >= 0.6 is 11.6 Å². The molecule has 1 unspecified atom stereocenters. The normalized spacial score (nSPS) is 16.8. The minimum absolute atomic E-state index is 0.0511. The van der Waals surface area contributed by atoms with E-state index in [2.05, 4.69) is 20.2 Å². The van der Waals surface area contributed by atoms with Gasteiger partial charge in [0.1, 0.15) is 25.1 Å². The maximum atomic E-state index is 13.1. The number of hydrogen-bond acceptors (Lipinski definition) is 7. The van der Waals surface area contributed by atoms with Crippen molar-refractivity contribution in [3.05, 3.63) is 58.0 Å². The Labute approximate surface area is 231 Å². The second kappa shape index (κ2) is 11.5. The Balaban J connectivity index is 1.63. The number of aliphatic imine (C=N–C) groups is 1. The predicted octanol–water partition coefficient (Wildman–Crippen LogP) is 2.54. The van der Waals surface area contributed by atoms with E-state index in [1.54, 1.807) is 18.3 Å². The zero-order chi connectivity index (χ0) is 30.1. The molecule has 0 radical (unpaired) electrons. The Bertz CT molecular complexity index is 1540. The number of benzene rings is 1. The van der Waals surface area contributed by atoms with Crippen molar-refractivity contribution in [1.29, 1.82) is 0 Å². The van der Waals surface area contributed by atoms with Crippen LogP contribution in [0.2, 0.25) is 5.02 Å². The second-order valence-electron chi connectivity index (χ2n) is 9.06. The molecule has 2 aromatic heterocycles. The molecule has 0 fully saturated rings. The van der Waals surface area contributed by atoms with Crippen LogP contribution in [-0.2, 0) is 17.9 Å². The van der Waals surface area contributed by atoms with E-state index in [0.717, 1.165) is 15.7 Å². The third kappa shape index (κ3) is 7.21. The number of carbonyl (C=O) groups excluding carboxylic acids is 1. The Morgan fingerprint density at radius 2 is 1.85 bits per heavy atom. The van der Waals surface area contributed by atoms with Crippen LogP contribution in [0.15, 0.2) is 46.5 Å². The van der Waals surface area contributed by atoms with Gasteiger partial charge in [-0.1, -0.05) is 24.6 Å². The predicted molar refractivity (Wildman–Crippen MR) is 133 cm³/mol. The molecule has 2 N–H and O–H groups in total. The van der Waals surface area contributed by atoms with Gasteiger partial charge in [0.05, 0.1) is 12.2 Å². The summed E-state index contributed by atoms with van der Waals surface area (Å²) in [5, 5.41) is 20.0. The van der Waals surface area contributed by atoms with Crippen LogP contribution in [0.4, 0.5) is 26.3 Å². The van der Waals surface area contributed by atoms with Gasteiger partial charge in [-0.05, 0) is 30.2 Å². The fourth-order valence-corrected chi connectivity index (χ4v) is 3.90. The first kappa shape index (κ1) is 30.0. The van der Waals surface area contributed by atoms with Gasteiger partial charge in [0.2, 0.25) is 0 Å². The first-order valence-corrected chi connectivity index (χ1v) is 12.2. The SMILES string of the molecule is CC1C=C(n2cnc(Cn3nc(-c4ccc(Cl)cc4)n(C[C@@H](O)C(F)(F)F)c3=O)n2)C(C(=O)NCC(F)(F)F)=NC1. The van der Waals surface area contributed by atoms with Gasteiger partial charge >= 0.3 is 18.0 Å². The molecule has 2 atom stereocenters. The van der Waals surface area contributed by atoms with Gasteiger partial charge in [-0.2, -0.15) is 26.3 Å². The smallest absolute Gasteiger partial charge is 0.382 e. The van der Waals surface area contributed by atoms with E-state index in [4.69, 9.17) is 11.6 Å². The van der Waals surface area contributed by atoms with Crippen LogP contribution in [0.5, 0.6) is 0 Å². The van der Waals surface area contributed by atoms with Gasteiger partial charge < -0.3 is 10.4 Å². The van der Waals surface area contributed by atoms with Crippen LogP contribution in [0.1, 0.15) is 12.7 Å². The summed E-state index contributed by atoms with van der Waals surface area (Å²) in [4.78, 5) is 33.6. The number of aliphatic hydroxyl groups excluding tert-OH is 1. The number of amides is 1. The lowest BCUT2D eigenvalue weighted by atomic mass is 10.0. The molecule has 1 amide bonds. The molecule has 0 saturated heterocycles. The number of rotatable bonds is 8. The third-order valence-corrected chi connectivity index (χ3v) is 5.97. The van der Waals surface area contributed by atoms with Gasteiger partial charge in [-0.15, -0.1) is 10.2 Å². The number of aliphatic hydroxyl groups is 1. The minimum Gasteiger partial charge on any atom is -0.382 e. The largest absolute Gasteiger partial charge is 0.416 e. The van der Waals surface area contributed by atoms with E-state index < -0.39 is 49.7 Å². The number of halogens is 7. The van der Waals surface area contributed by atoms with E-state index in [1.807, 2.05) is 0 Å². The van der Waals surface area contributed by atoms with Gasteiger partial charge in [0, 0.05) is 17.1 Å². The summed E-state index contributed by atoms with van der Waals surface area (Å²) in [6.07, 6.45) is -9.80. The highest BCUT2D eigenvalue weighted by Crippen LogP contribution is 2.24. The molecule has 0 aliphatic carbocycles. The number of hydrogen-bond donors (Lipinski definition) is 2. The number of nitrogens with zero attached hydrogens (tertiary/aromatic N) is 7. The van der Waals surface area contributed by atoms with Crippen molar-refractivity contribution in [3.63, 3.8) is 0 Å². The lowest BCUT2D eigenvalue weighted by molar-refractivity contribution is -0.207. The average Bonchev–Trinajstić information content (AvgIpc) is 3.47. The summed E-state index contributed by atoms with van der Waals surface area (Å²) in [5.41, 5.74) is -1.02. The lowest BCUT2D eigenvalue weighted by Gasteiger charge is -2.18. The minimum atomic E-state index is -5.00. The number of nitrogens with one attached hydrogen (secondary N) is 1. The Morgan fingerprint density at radius 3 is 2.49 bits per heavy atom. The molecule has 0 saturated carbocycles. The lowest BCUT2D eigenvalue weighted by Crippen LogP contribution is -2.40. The average molecular weight is 607 g/mol. The molecule has 3 heterocycles. The zero-order valence-corrected chi connectivity index (χ0v) is 21.7. The first-order valence-electron chi connectivity index (χ1n) is 11.8. The molecule has 1 aliphatic heterocycles. The van der Waals surface area contributed by atoms with E-state index in [9.17, 15) is 41.0 Å². The van der Waals surface area contributed by atoms with E-state index in [1.165, 1.54) is 24.3 Å². The van der Waals surface area contributed by atoms with Crippen LogP contribution in [0.25, 0.3) is 17.1 Å². The monoisotopic (exact) mass is 606 g/mol. The number of dihydropyridines is 1. The Kier molecular flexibility index (Phi) is 8.39. The molecule has 1 aliphatic rings. The summed E-state index contributed by atoms with van der Waals surface area (Å²) in [7, 11) is 0. The molecule has 0 bridgehead atoms. The van der Waals surface area contributed by atoms with E-state index >= 15 is 0 Å². The number of alkyl halides is 6. The molecule has 1 aromatic carbocycles. The van der Waals surface area contributed by atoms with Crippen molar-refractivity contribution in [3.8, 4) is 11.4 Å². The van der Waals surface area contributed by atoms with Crippen molar-refractivity contribution in [2.75, 3.05) is 13.1 Å². The standard InChI is InChI=1S/C23H21ClF6N8O3/c1-12-6-15(18(31-7-12)20(40)32-10-22(25,26)27)38-11-33-17(34-38)9-37-21(41)36(8-16(39)23(28,29)30)19(35-37)13-2-4-14(24)5-3-13/h2-6,11-12,16,39H,7-10H2,1H3,(H,32,40)/t12?,16-/m1/s1. The summed E-state index contributed by atoms with van der Waals surface area (Å²) in [6.45, 7) is -1.24. The second-order valence-corrected chi connectivity index (χ2v) is 9.50. The maximum absolute atomic E-state index is 13.1. The molecule has 41 heavy (non-hydrogen) atoms.